The van der Waals surface area contributed by atoms with Crippen molar-refractivity contribution in [1.82, 2.24) is 10.2 Å². The predicted molar refractivity (Wildman–Crippen MR) is 50.3 cm³/mol. The fraction of sp³-hybridized carbons (Fsp3) is 0.300. The average molecular weight is 160 g/mol. The summed E-state index contributed by atoms with van der Waals surface area (Å²) in [5.74, 6) is 0. The molecule has 1 aromatic heterocycles. The van der Waals surface area contributed by atoms with E-state index in [0.717, 1.165) is 11.2 Å². The molecule has 0 aliphatic carbocycles. The molecule has 1 aromatic carbocycles. The van der Waals surface area contributed by atoms with Crippen LogP contribution in [0.4, 0.5) is 0 Å². The highest BCUT2D eigenvalue weighted by molar-refractivity contribution is 5.85. The normalized spacial score (nSPS) is 10.9. The van der Waals surface area contributed by atoms with Crippen molar-refractivity contribution in [3.8, 4) is 0 Å². The Morgan fingerprint density at radius 2 is 1.92 bits per heavy atom. The maximum Gasteiger partial charge on any atom is 0.0928 e. The van der Waals surface area contributed by atoms with Gasteiger partial charge in [-0.2, -0.15) is 5.10 Å². The van der Waals surface area contributed by atoms with E-state index in [9.17, 15) is 0 Å². The van der Waals surface area contributed by atoms with Crippen LogP contribution in [0.2, 0.25) is 0 Å². The molecule has 0 aliphatic rings. The molecule has 0 spiro atoms. The SMILES string of the molecule is Cc1cc(C)c2c(C)[nH]nc2c1. The van der Waals surface area contributed by atoms with Crippen LogP contribution in [0.5, 0.6) is 0 Å². The van der Waals surface area contributed by atoms with E-state index in [1.165, 1.54) is 16.5 Å². The van der Waals surface area contributed by atoms with Crippen molar-refractivity contribution in [2.45, 2.75) is 20.8 Å². The van der Waals surface area contributed by atoms with Crippen molar-refractivity contribution in [1.29, 1.82) is 0 Å². The molecule has 1 N–H and O–H groups in total. The van der Waals surface area contributed by atoms with Gasteiger partial charge in [0.1, 0.15) is 0 Å². The van der Waals surface area contributed by atoms with Crippen molar-refractivity contribution in [3.63, 3.8) is 0 Å². The molecule has 62 valence electrons. The summed E-state index contributed by atoms with van der Waals surface area (Å²) in [6, 6.07) is 4.29. The minimum absolute atomic E-state index is 1.07. The van der Waals surface area contributed by atoms with Gasteiger partial charge in [-0.05, 0) is 38.0 Å². The van der Waals surface area contributed by atoms with Gasteiger partial charge in [-0.3, -0.25) is 5.10 Å². The summed E-state index contributed by atoms with van der Waals surface area (Å²) < 4.78 is 0. The van der Waals surface area contributed by atoms with E-state index in [0.29, 0.717) is 0 Å². The van der Waals surface area contributed by atoms with Crippen LogP contribution in [-0.2, 0) is 0 Å². The molecule has 1 heterocycles. The number of fused-ring (bicyclic) bond motifs is 1. The minimum Gasteiger partial charge on any atom is -0.282 e. The van der Waals surface area contributed by atoms with Crippen LogP contribution in [-0.4, -0.2) is 10.2 Å². The number of hydrogen-bond acceptors (Lipinski definition) is 1. The van der Waals surface area contributed by atoms with Gasteiger partial charge in [-0.15, -0.1) is 0 Å². The van der Waals surface area contributed by atoms with Gasteiger partial charge in [0.25, 0.3) is 0 Å². The predicted octanol–water partition coefficient (Wildman–Crippen LogP) is 2.49. The first-order valence-corrected chi connectivity index (χ1v) is 4.10. The van der Waals surface area contributed by atoms with Gasteiger partial charge < -0.3 is 0 Å². The second kappa shape index (κ2) is 2.34. The Labute approximate surface area is 71.6 Å². The maximum absolute atomic E-state index is 4.21. The van der Waals surface area contributed by atoms with Crippen LogP contribution in [0.25, 0.3) is 10.9 Å². The Hall–Kier alpha value is -1.31. The van der Waals surface area contributed by atoms with Gasteiger partial charge in [0, 0.05) is 11.1 Å². The quantitative estimate of drug-likeness (QED) is 0.630. The molecular formula is C10H12N2. The van der Waals surface area contributed by atoms with Gasteiger partial charge in [0.15, 0.2) is 0 Å². The Balaban J connectivity index is 2.93. The Bertz CT molecular complexity index is 427. The number of nitrogens with one attached hydrogen (secondary N) is 1. The summed E-state index contributed by atoms with van der Waals surface area (Å²) >= 11 is 0. The zero-order chi connectivity index (χ0) is 8.72. The lowest BCUT2D eigenvalue weighted by molar-refractivity contribution is 1.07. The van der Waals surface area contributed by atoms with E-state index >= 15 is 0 Å². The number of aryl methyl sites for hydroxylation is 3. The van der Waals surface area contributed by atoms with Crippen molar-refractivity contribution < 1.29 is 0 Å². The molecule has 2 nitrogen and oxygen atoms in total. The lowest BCUT2D eigenvalue weighted by Crippen LogP contribution is -1.79. The number of aromatic nitrogens is 2. The molecule has 0 saturated heterocycles. The van der Waals surface area contributed by atoms with Crippen molar-refractivity contribution in [2.24, 2.45) is 0 Å². The van der Waals surface area contributed by atoms with Gasteiger partial charge in [0.2, 0.25) is 0 Å². The summed E-state index contributed by atoms with van der Waals surface area (Å²) in [5.41, 5.74) is 4.80. The van der Waals surface area contributed by atoms with Crippen LogP contribution in [0.1, 0.15) is 16.8 Å². The Morgan fingerprint density at radius 1 is 1.17 bits per heavy atom. The number of rotatable bonds is 0. The molecule has 0 radical (unpaired) electrons. The smallest absolute Gasteiger partial charge is 0.0928 e. The summed E-state index contributed by atoms with van der Waals surface area (Å²) in [6.45, 7) is 6.27. The number of benzene rings is 1. The average Bonchev–Trinajstić information content (AvgIpc) is 2.31. The maximum atomic E-state index is 4.21. The standard InChI is InChI=1S/C10H12N2/c1-6-4-7(2)10-8(3)11-12-9(10)5-6/h4-5H,1-3H3,(H,11,12). The van der Waals surface area contributed by atoms with E-state index in [1.807, 2.05) is 0 Å². The van der Waals surface area contributed by atoms with Crippen LogP contribution < -0.4 is 0 Å². The number of aromatic amines is 1. The lowest BCUT2D eigenvalue weighted by Gasteiger charge is -1.98. The molecule has 2 heteroatoms. The largest absolute Gasteiger partial charge is 0.282 e. The third-order valence-electron chi connectivity index (χ3n) is 2.18. The first-order valence-electron chi connectivity index (χ1n) is 4.10. The van der Waals surface area contributed by atoms with E-state index in [-0.39, 0.29) is 0 Å². The van der Waals surface area contributed by atoms with E-state index in [2.05, 4.69) is 43.1 Å². The molecule has 0 bridgehead atoms. The fourth-order valence-electron chi connectivity index (χ4n) is 1.72. The second-order valence-corrected chi connectivity index (χ2v) is 3.32. The first-order chi connectivity index (χ1) is 5.68. The summed E-state index contributed by atoms with van der Waals surface area (Å²) in [5, 5.41) is 8.47. The summed E-state index contributed by atoms with van der Waals surface area (Å²) in [4.78, 5) is 0. The lowest BCUT2D eigenvalue weighted by atomic mass is 10.1. The van der Waals surface area contributed by atoms with E-state index in [4.69, 9.17) is 0 Å². The molecule has 2 rings (SSSR count). The number of hydrogen-bond donors (Lipinski definition) is 1. The highest BCUT2D eigenvalue weighted by Crippen LogP contribution is 2.20. The number of H-pyrrole nitrogens is 1. The highest BCUT2D eigenvalue weighted by atomic mass is 15.1. The van der Waals surface area contributed by atoms with Gasteiger partial charge in [-0.1, -0.05) is 6.07 Å². The molecule has 0 fully saturated rings. The molecule has 0 saturated carbocycles. The Kier molecular flexibility index (Phi) is 1.43. The van der Waals surface area contributed by atoms with E-state index in [1.54, 1.807) is 0 Å². The second-order valence-electron chi connectivity index (χ2n) is 3.32. The molecular weight excluding hydrogens is 148 g/mol. The first kappa shape index (κ1) is 7.35. The van der Waals surface area contributed by atoms with Gasteiger partial charge in [-0.25, -0.2) is 0 Å². The third kappa shape index (κ3) is 0.916. The van der Waals surface area contributed by atoms with Crippen LogP contribution >= 0.6 is 0 Å². The van der Waals surface area contributed by atoms with Gasteiger partial charge >= 0.3 is 0 Å². The molecule has 12 heavy (non-hydrogen) atoms. The summed E-state index contributed by atoms with van der Waals surface area (Å²) in [7, 11) is 0. The molecule has 0 amide bonds. The molecule has 0 aliphatic heterocycles. The molecule has 0 atom stereocenters. The third-order valence-corrected chi connectivity index (χ3v) is 2.18. The van der Waals surface area contributed by atoms with Crippen LogP contribution in [0, 0.1) is 20.8 Å². The minimum atomic E-state index is 1.07. The van der Waals surface area contributed by atoms with Crippen molar-refractivity contribution in [3.05, 3.63) is 29.0 Å². The zero-order valence-electron chi connectivity index (χ0n) is 7.60. The zero-order valence-corrected chi connectivity index (χ0v) is 7.60. The van der Waals surface area contributed by atoms with E-state index < -0.39 is 0 Å². The van der Waals surface area contributed by atoms with Gasteiger partial charge in [0.05, 0.1) is 5.52 Å². The molecule has 2 aromatic rings. The van der Waals surface area contributed by atoms with Crippen molar-refractivity contribution >= 4 is 10.9 Å². The summed E-state index contributed by atoms with van der Waals surface area (Å²) in [6.07, 6.45) is 0. The van der Waals surface area contributed by atoms with Crippen LogP contribution in [0.3, 0.4) is 0 Å². The monoisotopic (exact) mass is 160 g/mol. The van der Waals surface area contributed by atoms with Crippen molar-refractivity contribution in [2.75, 3.05) is 0 Å². The molecule has 0 unspecified atom stereocenters. The highest BCUT2D eigenvalue weighted by Gasteiger charge is 2.03. The Morgan fingerprint density at radius 3 is 2.67 bits per heavy atom. The topological polar surface area (TPSA) is 28.7 Å². The van der Waals surface area contributed by atoms with Crippen LogP contribution in [0.15, 0.2) is 12.1 Å². The number of nitrogens with zero attached hydrogens (tertiary/aromatic N) is 1. The fourth-order valence-corrected chi connectivity index (χ4v) is 1.72.